The predicted molar refractivity (Wildman–Crippen MR) is 34.7 cm³/mol. The molecule has 0 bridgehead atoms. The third-order valence-corrected chi connectivity index (χ3v) is 1.28. The highest BCUT2D eigenvalue weighted by Gasteiger charge is 1.93. The Morgan fingerprint density at radius 1 is 1.75 bits per heavy atom. The van der Waals surface area contributed by atoms with E-state index in [4.69, 9.17) is 0 Å². The molecule has 0 spiro atoms. The van der Waals surface area contributed by atoms with Gasteiger partial charge in [-0.3, -0.25) is 0 Å². The number of imidazole rings is 1. The van der Waals surface area contributed by atoms with Crippen LogP contribution in [0.5, 0.6) is 0 Å². The minimum atomic E-state index is 1.01. The molecule has 2 nitrogen and oxygen atoms in total. The standard InChI is InChI=1S/C5H9N2S/c1-2-6-3-4-7(8)5-6/h3-5,8H,2H2,1H3/q+1. The lowest BCUT2D eigenvalue weighted by Gasteiger charge is -1.80. The average Bonchev–Trinajstić information content (AvgIpc) is 2.14. The van der Waals surface area contributed by atoms with Crippen LogP contribution in [0.1, 0.15) is 6.92 Å². The van der Waals surface area contributed by atoms with E-state index in [0.29, 0.717) is 0 Å². The Kier molecular flexibility index (Phi) is 1.58. The fourth-order valence-corrected chi connectivity index (χ4v) is 0.762. The Bertz CT molecular complexity index is 171. The molecule has 0 saturated heterocycles. The Morgan fingerprint density at radius 3 is 2.75 bits per heavy atom. The second-order valence-electron chi connectivity index (χ2n) is 1.62. The van der Waals surface area contributed by atoms with E-state index in [2.05, 4.69) is 19.7 Å². The number of nitrogens with zero attached hydrogens (tertiary/aromatic N) is 2. The van der Waals surface area contributed by atoms with Crippen LogP contribution in [0.25, 0.3) is 0 Å². The molecular weight excluding hydrogens is 120 g/mol. The summed E-state index contributed by atoms with van der Waals surface area (Å²) in [6.45, 7) is 3.10. The van der Waals surface area contributed by atoms with Crippen LogP contribution in [0, 0.1) is 0 Å². The Morgan fingerprint density at radius 2 is 2.50 bits per heavy atom. The summed E-state index contributed by atoms with van der Waals surface area (Å²) in [4.78, 5) is 0. The summed E-state index contributed by atoms with van der Waals surface area (Å²) in [5.41, 5.74) is 0. The first-order valence-corrected chi connectivity index (χ1v) is 2.99. The van der Waals surface area contributed by atoms with E-state index in [0.717, 1.165) is 6.54 Å². The molecular formula is C5H9N2S+. The highest BCUT2D eigenvalue weighted by atomic mass is 32.1. The number of hydrogen-bond acceptors (Lipinski definition) is 1. The Labute approximate surface area is 54.3 Å². The average molecular weight is 129 g/mol. The van der Waals surface area contributed by atoms with E-state index < -0.39 is 0 Å². The number of thiol groups is 1. The summed E-state index contributed by atoms with van der Waals surface area (Å²) < 4.78 is 3.77. The second kappa shape index (κ2) is 2.22. The molecule has 1 aromatic heterocycles. The van der Waals surface area contributed by atoms with E-state index in [1.54, 1.807) is 3.97 Å². The van der Waals surface area contributed by atoms with E-state index in [-0.39, 0.29) is 0 Å². The van der Waals surface area contributed by atoms with E-state index in [1.807, 2.05) is 23.3 Å². The molecule has 1 aromatic rings. The minimum Gasteiger partial charge on any atom is -0.236 e. The van der Waals surface area contributed by atoms with Crippen LogP contribution >= 0.6 is 12.8 Å². The Hall–Kier alpha value is -0.440. The topological polar surface area (TPSA) is 8.81 Å². The van der Waals surface area contributed by atoms with Gasteiger partial charge in [-0.1, -0.05) is 0 Å². The number of rotatable bonds is 1. The minimum absolute atomic E-state index is 1.01. The fraction of sp³-hybridized carbons (Fsp3) is 0.400. The van der Waals surface area contributed by atoms with Crippen molar-refractivity contribution in [1.82, 2.24) is 3.97 Å². The summed E-state index contributed by atoms with van der Waals surface area (Å²) >= 11 is 4.06. The molecule has 1 rings (SSSR count). The van der Waals surface area contributed by atoms with Gasteiger partial charge in [0, 0.05) is 12.8 Å². The van der Waals surface area contributed by atoms with Gasteiger partial charge in [-0.2, -0.15) is 3.97 Å². The second-order valence-corrected chi connectivity index (χ2v) is 2.09. The van der Waals surface area contributed by atoms with Gasteiger partial charge in [0.2, 0.25) is 0 Å². The lowest BCUT2D eigenvalue weighted by atomic mass is 10.7. The van der Waals surface area contributed by atoms with Crippen molar-refractivity contribution in [2.75, 3.05) is 0 Å². The van der Waals surface area contributed by atoms with Gasteiger partial charge in [0.25, 0.3) is 6.33 Å². The van der Waals surface area contributed by atoms with E-state index >= 15 is 0 Å². The first kappa shape index (κ1) is 5.69. The maximum absolute atomic E-state index is 4.06. The SMILES string of the molecule is CC[n+]1ccn(S)c1. The van der Waals surface area contributed by atoms with Gasteiger partial charge in [-0.05, 0) is 6.92 Å². The molecule has 0 atom stereocenters. The quantitative estimate of drug-likeness (QED) is 0.417. The lowest BCUT2D eigenvalue weighted by Crippen LogP contribution is -2.28. The molecule has 0 N–H and O–H groups in total. The van der Waals surface area contributed by atoms with Gasteiger partial charge in [-0.15, -0.1) is 0 Å². The smallest absolute Gasteiger partial charge is 0.236 e. The van der Waals surface area contributed by atoms with Crippen molar-refractivity contribution in [3.63, 3.8) is 0 Å². The molecule has 0 fully saturated rings. The largest absolute Gasteiger partial charge is 0.255 e. The molecule has 8 heavy (non-hydrogen) atoms. The maximum atomic E-state index is 4.06. The van der Waals surface area contributed by atoms with Crippen molar-refractivity contribution >= 4 is 12.8 Å². The van der Waals surface area contributed by atoms with E-state index in [1.165, 1.54) is 0 Å². The number of aromatic nitrogens is 2. The van der Waals surface area contributed by atoms with Crippen LogP contribution in [0.3, 0.4) is 0 Å². The summed E-state index contributed by atoms with van der Waals surface area (Å²) in [5.74, 6) is 0. The molecule has 0 amide bonds. The highest BCUT2D eigenvalue weighted by molar-refractivity contribution is 7.78. The third kappa shape index (κ3) is 1.04. The van der Waals surface area contributed by atoms with Crippen molar-refractivity contribution in [2.45, 2.75) is 13.5 Å². The van der Waals surface area contributed by atoms with Crippen molar-refractivity contribution in [2.24, 2.45) is 0 Å². The van der Waals surface area contributed by atoms with Crippen molar-refractivity contribution < 1.29 is 4.57 Å². The molecule has 0 unspecified atom stereocenters. The number of hydrogen-bond donors (Lipinski definition) is 1. The van der Waals surface area contributed by atoms with Crippen LogP contribution in [-0.2, 0) is 6.54 Å². The van der Waals surface area contributed by atoms with Gasteiger partial charge in [0.15, 0.2) is 0 Å². The number of aryl methyl sites for hydroxylation is 1. The molecule has 0 radical (unpaired) electrons. The molecule has 44 valence electrons. The summed E-state index contributed by atoms with van der Waals surface area (Å²) in [5, 5.41) is 0. The maximum Gasteiger partial charge on any atom is 0.255 e. The monoisotopic (exact) mass is 129 g/mol. The molecule has 0 aliphatic heterocycles. The highest BCUT2D eigenvalue weighted by Crippen LogP contribution is 1.82. The Balaban J connectivity index is 2.84. The predicted octanol–water partition coefficient (Wildman–Crippen LogP) is 0.488. The first-order valence-electron chi connectivity index (χ1n) is 2.59. The van der Waals surface area contributed by atoms with Crippen LogP contribution in [0.2, 0.25) is 0 Å². The molecule has 0 aliphatic rings. The first-order chi connectivity index (χ1) is 3.83. The molecule has 0 aromatic carbocycles. The fourth-order valence-electron chi connectivity index (χ4n) is 0.570. The van der Waals surface area contributed by atoms with Crippen LogP contribution in [0.15, 0.2) is 18.7 Å². The molecule has 3 heteroatoms. The zero-order chi connectivity index (χ0) is 5.98. The van der Waals surface area contributed by atoms with Crippen LogP contribution in [-0.4, -0.2) is 3.97 Å². The van der Waals surface area contributed by atoms with Gasteiger partial charge < -0.3 is 0 Å². The summed E-state index contributed by atoms with van der Waals surface area (Å²) in [7, 11) is 0. The zero-order valence-corrected chi connectivity index (χ0v) is 5.68. The van der Waals surface area contributed by atoms with Gasteiger partial charge in [-0.25, -0.2) is 4.57 Å². The van der Waals surface area contributed by atoms with Crippen molar-refractivity contribution in [1.29, 1.82) is 0 Å². The molecule has 0 saturated carbocycles. The van der Waals surface area contributed by atoms with Gasteiger partial charge in [0.1, 0.15) is 12.4 Å². The van der Waals surface area contributed by atoms with Crippen LogP contribution in [0.4, 0.5) is 0 Å². The summed E-state index contributed by atoms with van der Waals surface area (Å²) in [6, 6.07) is 0. The van der Waals surface area contributed by atoms with Crippen LogP contribution < -0.4 is 4.57 Å². The van der Waals surface area contributed by atoms with Gasteiger partial charge in [0.05, 0.1) is 6.54 Å². The summed E-state index contributed by atoms with van der Waals surface area (Å²) in [6.07, 6.45) is 5.79. The van der Waals surface area contributed by atoms with Gasteiger partial charge >= 0.3 is 0 Å². The van der Waals surface area contributed by atoms with Crippen molar-refractivity contribution in [3.05, 3.63) is 18.7 Å². The van der Waals surface area contributed by atoms with Crippen molar-refractivity contribution in [3.8, 4) is 0 Å². The molecule has 0 aliphatic carbocycles. The van der Waals surface area contributed by atoms with E-state index in [9.17, 15) is 0 Å². The third-order valence-electron chi connectivity index (χ3n) is 1.04. The lowest BCUT2D eigenvalue weighted by molar-refractivity contribution is -0.692. The normalized spacial score (nSPS) is 9.75. The molecule has 1 heterocycles. The zero-order valence-electron chi connectivity index (χ0n) is 4.78.